The average Bonchev–Trinajstić information content (AvgIpc) is 3.06. The fourth-order valence-electron chi connectivity index (χ4n) is 2.14. The summed E-state index contributed by atoms with van der Waals surface area (Å²) in [4.78, 5) is 8.62. The lowest BCUT2D eigenvalue weighted by Crippen LogP contribution is -2.05. The summed E-state index contributed by atoms with van der Waals surface area (Å²) in [7, 11) is 0. The Morgan fingerprint density at radius 1 is 1.13 bits per heavy atom. The minimum atomic E-state index is 0.575. The molecular weight excluding hydrogens is 356 g/mol. The third-order valence-electron chi connectivity index (χ3n) is 3.43. The van der Waals surface area contributed by atoms with Crippen molar-refractivity contribution in [3.05, 3.63) is 58.5 Å². The molecule has 23 heavy (non-hydrogen) atoms. The zero-order valence-corrected chi connectivity index (χ0v) is 14.4. The van der Waals surface area contributed by atoms with E-state index in [1.54, 1.807) is 6.20 Å². The summed E-state index contributed by atoms with van der Waals surface area (Å²) in [6, 6.07) is 12.1. The maximum absolute atomic E-state index is 5.24. The zero-order valence-electron chi connectivity index (χ0n) is 12.8. The standard InChI is InChI=1S/C17H17BrN4O/c1-2-15-21-17(23-22-15)13-5-3-12(4-6-13)9-10-19-16-8-7-14(18)11-20-16/h3-8,11H,2,9-10H2,1H3,(H,19,20). The lowest BCUT2D eigenvalue weighted by Gasteiger charge is -2.06. The first kappa shape index (κ1) is 15.7. The van der Waals surface area contributed by atoms with Gasteiger partial charge in [0.2, 0.25) is 0 Å². The van der Waals surface area contributed by atoms with E-state index in [0.29, 0.717) is 5.89 Å². The molecule has 1 N–H and O–H groups in total. The molecule has 0 fully saturated rings. The van der Waals surface area contributed by atoms with E-state index in [4.69, 9.17) is 4.52 Å². The molecule has 0 saturated heterocycles. The highest BCUT2D eigenvalue weighted by atomic mass is 79.9. The van der Waals surface area contributed by atoms with Crippen LogP contribution in [0.1, 0.15) is 18.3 Å². The van der Waals surface area contributed by atoms with Crippen molar-refractivity contribution >= 4 is 21.7 Å². The van der Waals surface area contributed by atoms with Gasteiger partial charge in [-0.3, -0.25) is 0 Å². The fraction of sp³-hybridized carbons (Fsp3) is 0.235. The summed E-state index contributed by atoms with van der Waals surface area (Å²) >= 11 is 3.37. The van der Waals surface area contributed by atoms with Gasteiger partial charge in [0, 0.05) is 29.2 Å². The molecule has 0 aliphatic carbocycles. The third kappa shape index (κ3) is 4.16. The molecule has 6 heteroatoms. The Bertz CT molecular complexity index is 753. The molecule has 0 spiro atoms. The second kappa shape index (κ2) is 7.37. The van der Waals surface area contributed by atoms with Gasteiger partial charge in [0.25, 0.3) is 5.89 Å². The van der Waals surface area contributed by atoms with Gasteiger partial charge in [0.15, 0.2) is 5.82 Å². The van der Waals surface area contributed by atoms with Crippen LogP contribution in [0.4, 0.5) is 5.82 Å². The lowest BCUT2D eigenvalue weighted by atomic mass is 10.1. The fourth-order valence-corrected chi connectivity index (χ4v) is 2.38. The summed E-state index contributed by atoms with van der Waals surface area (Å²) in [5.74, 6) is 2.18. The summed E-state index contributed by atoms with van der Waals surface area (Å²) in [5.41, 5.74) is 2.19. The zero-order chi connectivity index (χ0) is 16.1. The smallest absolute Gasteiger partial charge is 0.257 e. The first-order valence-electron chi connectivity index (χ1n) is 7.52. The third-order valence-corrected chi connectivity index (χ3v) is 3.90. The summed E-state index contributed by atoms with van der Waals surface area (Å²) in [6.45, 7) is 2.83. The molecule has 0 unspecified atom stereocenters. The number of anilines is 1. The van der Waals surface area contributed by atoms with E-state index in [-0.39, 0.29) is 0 Å². The van der Waals surface area contributed by atoms with Crippen molar-refractivity contribution in [2.45, 2.75) is 19.8 Å². The molecule has 3 aromatic rings. The van der Waals surface area contributed by atoms with Crippen molar-refractivity contribution in [3.63, 3.8) is 0 Å². The normalized spacial score (nSPS) is 10.7. The minimum absolute atomic E-state index is 0.575. The van der Waals surface area contributed by atoms with E-state index in [2.05, 4.69) is 48.5 Å². The number of nitrogens with zero attached hydrogens (tertiary/aromatic N) is 3. The Morgan fingerprint density at radius 2 is 1.96 bits per heavy atom. The topological polar surface area (TPSA) is 63.8 Å². The number of benzene rings is 1. The van der Waals surface area contributed by atoms with Crippen LogP contribution in [-0.4, -0.2) is 21.7 Å². The molecule has 3 rings (SSSR count). The number of hydrogen-bond donors (Lipinski definition) is 1. The van der Waals surface area contributed by atoms with Crippen molar-refractivity contribution in [2.24, 2.45) is 0 Å². The summed E-state index contributed by atoms with van der Waals surface area (Å²) in [5, 5.41) is 7.22. The van der Waals surface area contributed by atoms with E-state index in [1.165, 1.54) is 5.56 Å². The summed E-state index contributed by atoms with van der Waals surface area (Å²) < 4.78 is 6.22. The van der Waals surface area contributed by atoms with Crippen molar-refractivity contribution < 1.29 is 4.52 Å². The van der Waals surface area contributed by atoms with Crippen LogP contribution in [0.3, 0.4) is 0 Å². The number of aromatic nitrogens is 3. The van der Waals surface area contributed by atoms with E-state index in [1.807, 2.05) is 31.2 Å². The predicted molar refractivity (Wildman–Crippen MR) is 93.2 cm³/mol. The monoisotopic (exact) mass is 372 g/mol. The number of halogens is 1. The number of rotatable bonds is 6. The summed E-state index contributed by atoms with van der Waals surface area (Å²) in [6.07, 6.45) is 3.48. The highest BCUT2D eigenvalue weighted by Gasteiger charge is 2.07. The van der Waals surface area contributed by atoms with E-state index < -0.39 is 0 Å². The number of hydrogen-bond acceptors (Lipinski definition) is 5. The number of aryl methyl sites for hydroxylation is 1. The van der Waals surface area contributed by atoms with Gasteiger partial charge in [-0.05, 0) is 52.2 Å². The van der Waals surface area contributed by atoms with Crippen molar-refractivity contribution in [3.8, 4) is 11.5 Å². The first-order valence-corrected chi connectivity index (χ1v) is 8.31. The van der Waals surface area contributed by atoms with Crippen LogP contribution >= 0.6 is 15.9 Å². The van der Waals surface area contributed by atoms with Gasteiger partial charge >= 0.3 is 0 Å². The molecule has 0 saturated carbocycles. The van der Waals surface area contributed by atoms with Gasteiger partial charge in [-0.15, -0.1) is 0 Å². The van der Waals surface area contributed by atoms with Crippen LogP contribution < -0.4 is 5.32 Å². The average molecular weight is 373 g/mol. The highest BCUT2D eigenvalue weighted by Crippen LogP contribution is 2.18. The molecule has 0 radical (unpaired) electrons. The second-order valence-corrected chi connectivity index (χ2v) is 6.02. The van der Waals surface area contributed by atoms with Crippen LogP contribution in [0.25, 0.3) is 11.5 Å². The van der Waals surface area contributed by atoms with E-state index in [0.717, 1.165) is 41.1 Å². The van der Waals surface area contributed by atoms with Gasteiger partial charge in [0.05, 0.1) is 0 Å². The lowest BCUT2D eigenvalue weighted by molar-refractivity contribution is 0.423. The predicted octanol–water partition coefficient (Wildman–Crippen LogP) is 4.11. The minimum Gasteiger partial charge on any atom is -0.370 e. The number of pyridine rings is 1. The quantitative estimate of drug-likeness (QED) is 0.705. The van der Waals surface area contributed by atoms with Gasteiger partial charge in [0.1, 0.15) is 5.82 Å². The molecule has 118 valence electrons. The van der Waals surface area contributed by atoms with Crippen LogP contribution in [0.15, 0.2) is 51.6 Å². The molecule has 0 aliphatic heterocycles. The van der Waals surface area contributed by atoms with Crippen molar-refractivity contribution in [1.29, 1.82) is 0 Å². The molecule has 0 amide bonds. The molecule has 5 nitrogen and oxygen atoms in total. The van der Waals surface area contributed by atoms with Crippen LogP contribution in [0.2, 0.25) is 0 Å². The molecule has 2 heterocycles. The Hall–Kier alpha value is -2.21. The van der Waals surface area contributed by atoms with Crippen LogP contribution in [-0.2, 0) is 12.8 Å². The Balaban J connectivity index is 1.56. The van der Waals surface area contributed by atoms with Gasteiger partial charge < -0.3 is 9.84 Å². The highest BCUT2D eigenvalue weighted by molar-refractivity contribution is 9.10. The van der Waals surface area contributed by atoms with Crippen molar-refractivity contribution in [1.82, 2.24) is 15.1 Å². The Kier molecular flexibility index (Phi) is 5.02. The second-order valence-electron chi connectivity index (χ2n) is 5.10. The Morgan fingerprint density at radius 3 is 2.61 bits per heavy atom. The van der Waals surface area contributed by atoms with Crippen LogP contribution in [0, 0.1) is 0 Å². The van der Waals surface area contributed by atoms with Gasteiger partial charge in [-0.1, -0.05) is 24.2 Å². The van der Waals surface area contributed by atoms with Crippen LogP contribution in [0.5, 0.6) is 0 Å². The van der Waals surface area contributed by atoms with Gasteiger partial charge in [-0.2, -0.15) is 4.98 Å². The molecule has 1 aromatic carbocycles. The first-order chi connectivity index (χ1) is 11.2. The maximum atomic E-state index is 5.24. The number of nitrogens with one attached hydrogen (secondary N) is 1. The van der Waals surface area contributed by atoms with E-state index in [9.17, 15) is 0 Å². The van der Waals surface area contributed by atoms with Crippen molar-refractivity contribution in [2.75, 3.05) is 11.9 Å². The van der Waals surface area contributed by atoms with E-state index >= 15 is 0 Å². The Labute approximate surface area is 143 Å². The maximum Gasteiger partial charge on any atom is 0.257 e. The van der Waals surface area contributed by atoms with Gasteiger partial charge in [-0.25, -0.2) is 4.98 Å². The SMILES string of the molecule is CCc1noc(-c2ccc(CCNc3ccc(Br)cn3)cc2)n1. The molecule has 0 atom stereocenters. The molecule has 2 aromatic heterocycles. The molecular formula is C17H17BrN4O. The largest absolute Gasteiger partial charge is 0.370 e. The molecule has 0 aliphatic rings. The molecule has 0 bridgehead atoms.